The van der Waals surface area contributed by atoms with Crippen LogP contribution in [0, 0.1) is 6.61 Å². The molecular formula is C28H57O. The molecule has 0 amide bonds. The Morgan fingerprint density at radius 2 is 0.690 bits per heavy atom. The van der Waals surface area contributed by atoms with Crippen LogP contribution in [0.3, 0.4) is 0 Å². The first kappa shape index (κ1) is 29.0. The Morgan fingerprint density at radius 3 is 1.07 bits per heavy atom. The predicted octanol–water partition coefficient (Wildman–Crippen LogP) is 10.6. The Bertz CT molecular complexity index is 237. The first-order valence-corrected chi connectivity index (χ1v) is 13.8. The fraction of sp³-hybridized carbons (Fsp3) is 0.964. The van der Waals surface area contributed by atoms with E-state index in [1.54, 1.807) is 0 Å². The molecule has 1 heteroatoms. The van der Waals surface area contributed by atoms with Crippen molar-refractivity contribution in [3.63, 3.8) is 0 Å². The average Bonchev–Trinajstić information content (AvgIpc) is 2.74. The third-order valence-corrected chi connectivity index (χ3v) is 6.16. The lowest BCUT2D eigenvalue weighted by atomic mass is 10.0. The van der Waals surface area contributed by atoms with Crippen LogP contribution in [0.5, 0.6) is 0 Å². The number of hydrogen-bond donors (Lipinski definition) is 0. The van der Waals surface area contributed by atoms with Gasteiger partial charge in [-0.25, -0.2) is 0 Å². The summed E-state index contributed by atoms with van der Waals surface area (Å²) in [5.41, 5.74) is 0. The minimum absolute atomic E-state index is 0.936. The van der Waals surface area contributed by atoms with E-state index in [4.69, 9.17) is 4.74 Å². The Morgan fingerprint density at radius 1 is 0.379 bits per heavy atom. The second-order valence-electron chi connectivity index (χ2n) is 9.25. The van der Waals surface area contributed by atoms with Crippen molar-refractivity contribution >= 4 is 0 Å². The van der Waals surface area contributed by atoms with E-state index < -0.39 is 0 Å². The summed E-state index contributed by atoms with van der Waals surface area (Å²) in [4.78, 5) is 0. The molecule has 0 N–H and O–H groups in total. The quantitative estimate of drug-likeness (QED) is 0.129. The minimum Gasteiger partial charge on any atom is -0.376 e. The molecule has 0 aliphatic carbocycles. The van der Waals surface area contributed by atoms with Crippen LogP contribution in [0.25, 0.3) is 0 Å². The minimum atomic E-state index is 0.936. The monoisotopic (exact) mass is 409 g/mol. The lowest BCUT2D eigenvalue weighted by Gasteiger charge is -2.05. The van der Waals surface area contributed by atoms with Crippen LogP contribution < -0.4 is 0 Å². The van der Waals surface area contributed by atoms with Crippen LogP contribution in [0.4, 0.5) is 0 Å². The molecule has 0 aromatic rings. The molecule has 0 unspecified atom stereocenters. The molecule has 1 nitrogen and oxygen atoms in total. The molecule has 0 aliphatic heterocycles. The highest BCUT2D eigenvalue weighted by Crippen LogP contribution is 2.14. The SMILES string of the molecule is CCCCCCCCCCCCCCCCCCC[CH]OCCCCCCCC. The van der Waals surface area contributed by atoms with Gasteiger partial charge in [-0.3, -0.25) is 0 Å². The second-order valence-corrected chi connectivity index (χ2v) is 9.25. The highest BCUT2D eigenvalue weighted by molar-refractivity contribution is 4.54. The highest BCUT2D eigenvalue weighted by atomic mass is 16.5. The smallest absolute Gasteiger partial charge is 0.0836 e. The standard InChI is InChI=1S/C28H57O/c1-3-5-7-9-11-12-13-14-15-16-17-18-19-20-21-22-24-26-28-29-27-25-23-10-8-6-4-2/h28H,3-27H2,1-2H3. The number of rotatable bonds is 26. The summed E-state index contributed by atoms with van der Waals surface area (Å²) in [5, 5.41) is 0. The van der Waals surface area contributed by atoms with E-state index in [2.05, 4.69) is 20.5 Å². The molecule has 0 aromatic heterocycles. The van der Waals surface area contributed by atoms with Crippen LogP contribution >= 0.6 is 0 Å². The van der Waals surface area contributed by atoms with Gasteiger partial charge in [-0.05, 0) is 12.8 Å². The van der Waals surface area contributed by atoms with Gasteiger partial charge in [0.1, 0.15) is 0 Å². The van der Waals surface area contributed by atoms with Crippen LogP contribution in [0.2, 0.25) is 0 Å². The van der Waals surface area contributed by atoms with Crippen LogP contribution in [0.15, 0.2) is 0 Å². The molecule has 0 aromatic carbocycles. The molecule has 0 aliphatic rings. The Balaban J connectivity index is 2.97. The van der Waals surface area contributed by atoms with Gasteiger partial charge in [0.15, 0.2) is 0 Å². The van der Waals surface area contributed by atoms with E-state index in [9.17, 15) is 0 Å². The third kappa shape index (κ3) is 28.0. The fourth-order valence-electron chi connectivity index (χ4n) is 4.08. The van der Waals surface area contributed by atoms with Gasteiger partial charge in [0, 0.05) is 6.61 Å². The highest BCUT2D eigenvalue weighted by Gasteiger charge is 1.96. The van der Waals surface area contributed by atoms with Gasteiger partial charge in [0.25, 0.3) is 0 Å². The van der Waals surface area contributed by atoms with E-state index in [-0.39, 0.29) is 0 Å². The lowest BCUT2D eigenvalue weighted by Crippen LogP contribution is -1.92. The van der Waals surface area contributed by atoms with E-state index in [0.29, 0.717) is 0 Å². The van der Waals surface area contributed by atoms with E-state index in [1.165, 1.54) is 148 Å². The van der Waals surface area contributed by atoms with Crippen molar-refractivity contribution in [3.05, 3.63) is 6.61 Å². The first-order valence-electron chi connectivity index (χ1n) is 13.8. The van der Waals surface area contributed by atoms with Crippen molar-refractivity contribution < 1.29 is 4.74 Å². The van der Waals surface area contributed by atoms with Crippen molar-refractivity contribution in [2.45, 2.75) is 168 Å². The summed E-state index contributed by atoms with van der Waals surface area (Å²) in [7, 11) is 0. The zero-order chi connectivity index (χ0) is 21.1. The van der Waals surface area contributed by atoms with Crippen molar-refractivity contribution in [2.24, 2.45) is 0 Å². The van der Waals surface area contributed by atoms with E-state index in [1.807, 2.05) is 0 Å². The fourth-order valence-corrected chi connectivity index (χ4v) is 4.08. The molecule has 175 valence electrons. The van der Waals surface area contributed by atoms with Crippen molar-refractivity contribution in [2.75, 3.05) is 6.61 Å². The summed E-state index contributed by atoms with van der Waals surface area (Å²) >= 11 is 0. The summed E-state index contributed by atoms with van der Waals surface area (Å²) in [5.74, 6) is 0. The molecule has 0 heterocycles. The van der Waals surface area contributed by atoms with Gasteiger partial charge in [-0.2, -0.15) is 0 Å². The Hall–Kier alpha value is -0.0400. The summed E-state index contributed by atoms with van der Waals surface area (Å²) in [6.45, 7) is 7.58. The summed E-state index contributed by atoms with van der Waals surface area (Å²) in [6, 6.07) is 0. The Kier molecular flexibility index (Phi) is 27.9. The number of unbranched alkanes of at least 4 members (excludes halogenated alkanes) is 22. The maximum atomic E-state index is 5.64. The van der Waals surface area contributed by atoms with Crippen molar-refractivity contribution in [1.29, 1.82) is 0 Å². The molecule has 0 saturated heterocycles. The molecule has 1 radical (unpaired) electrons. The first-order chi connectivity index (χ1) is 14.4. The number of ether oxygens (including phenoxy) is 1. The van der Waals surface area contributed by atoms with Gasteiger partial charge < -0.3 is 4.74 Å². The molecule has 29 heavy (non-hydrogen) atoms. The van der Waals surface area contributed by atoms with Crippen LogP contribution in [-0.4, -0.2) is 6.61 Å². The molecule has 0 bridgehead atoms. The molecule has 0 saturated carbocycles. The molecule has 0 spiro atoms. The maximum Gasteiger partial charge on any atom is 0.0836 e. The zero-order valence-corrected chi connectivity index (χ0v) is 20.7. The van der Waals surface area contributed by atoms with Gasteiger partial charge in [-0.15, -0.1) is 0 Å². The van der Waals surface area contributed by atoms with Crippen molar-refractivity contribution in [1.82, 2.24) is 0 Å². The van der Waals surface area contributed by atoms with Gasteiger partial charge >= 0.3 is 0 Å². The van der Waals surface area contributed by atoms with Crippen LogP contribution in [0.1, 0.15) is 168 Å². The Labute approximate surface area is 186 Å². The van der Waals surface area contributed by atoms with E-state index in [0.717, 1.165) is 13.0 Å². The van der Waals surface area contributed by atoms with Crippen LogP contribution in [-0.2, 0) is 4.74 Å². The second kappa shape index (κ2) is 28.0. The molecular weight excluding hydrogens is 352 g/mol. The normalized spacial score (nSPS) is 11.4. The van der Waals surface area contributed by atoms with Gasteiger partial charge in [0.2, 0.25) is 0 Å². The number of hydrogen-bond acceptors (Lipinski definition) is 1. The third-order valence-electron chi connectivity index (χ3n) is 6.16. The summed E-state index contributed by atoms with van der Waals surface area (Å²) in [6.07, 6.45) is 33.8. The zero-order valence-electron chi connectivity index (χ0n) is 20.7. The van der Waals surface area contributed by atoms with Crippen molar-refractivity contribution in [3.8, 4) is 0 Å². The van der Waals surface area contributed by atoms with E-state index >= 15 is 0 Å². The predicted molar refractivity (Wildman–Crippen MR) is 132 cm³/mol. The summed E-state index contributed by atoms with van der Waals surface area (Å²) < 4.78 is 5.64. The van der Waals surface area contributed by atoms with Gasteiger partial charge in [-0.1, -0.05) is 155 Å². The topological polar surface area (TPSA) is 9.23 Å². The maximum absolute atomic E-state index is 5.64. The molecule has 0 fully saturated rings. The van der Waals surface area contributed by atoms with Gasteiger partial charge in [0.05, 0.1) is 6.61 Å². The lowest BCUT2D eigenvalue weighted by molar-refractivity contribution is 0.183. The largest absolute Gasteiger partial charge is 0.376 e. The molecule has 0 rings (SSSR count). The molecule has 0 atom stereocenters. The average molecular weight is 410 g/mol.